The summed E-state index contributed by atoms with van der Waals surface area (Å²) in [6.07, 6.45) is 1.76. The number of aromatic amines is 1. The van der Waals surface area contributed by atoms with Crippen LogP contribution in [0, 0.1) is 31.0 Å². The lowest BCUT2D eigenvalue weighted by molar-refractivity contribution is -2.00. The van der Waals surface area contributed by atoms with Gasteiger partial charge in [-0.25, -0.2) is 18.6 Å². The molecule has 19 heavy (non-hydrogen) atoms. The maximum Gasteiger partial charge on any atom is 0.306 e. The highest BCUT2D eigenvalue weighted by atomic mass is 35.7. The average Bonchev–Trinajstić information content (AvgIpc) is 2.66. The predicted octanol–water partition coefficient (Wildman–Crippen LogP) is -3.14. The summed E-state index contributed by atoms with van der Waals surface area (Å²) in [5, 5.41) is 6.92. The average molecular weight is 288 g/mol. The normalized spacial score (nSPS) is 10.9. The van der Waals surface area contributed by atoms with Crippen molar-refractivity contribution < 1.29 is 33.4 Å². The highest BCUT2D eigenvalue weighted by Gasteiger charge is 2.12. The smallest absolute Gasteiger partial charge is 0.222 e. The number of rotatable bonds is 1. The van der Waals surface area contributed by atoms with Gasteiger partial charge in [-0.3, -0.25) is 0 Å². The van der Waals surface area contributed by atoms with Crippen LogP contribution in [0.4, 0.5) is 0 Å². The van der Waals surface area contributed by atoms with Crippen LogP contribution in [0.3, 0.4) is 0 Å². The van der Waals surface area contributed by atoms with Crippen LogP contribution < -0.4 is 23.2 Å². The molecule has 0 saturated carbocycles. The van der Waals surface area contributed by atoms with Crippen molar-refractivity contribution in [3.8, 4) is 5.82 Å². The topological polar surface area (TPSA) is 125 Å². The molecule has 0 fully saturated rings. The molecule has 0 radical (unpaired) electrons. The number of nitrogens with one attached hydrogen (secondary N) is 1. The number of aromatic nitrogens is 3. The van der Waals surface area contributed by atoms with E-state index in [9.17, 15) is 0 Å². The van der Waals surface area contributed by atoms with Gasteiger partial charge in [0.2, 0.25) is 0 Å². The number of halogens is 1. The summed E-state index contributed by atoms with van der Waals surface area (Å²) >= 11 is 0. The summed E-state index contributed by atoms with van der Waals surface area (Å²) < 4.78 is 36.1. The summed E-state index contributed by atoms with van der Waals surface area (Å²) in [5.74, 6) is 1.01. The van der Waals surface area contributed by atoms with E-state index in [0.29, 0.717) is 0 Å². The van der Waals surface area contributed by atoms with E-state index >= 15 is 0 Å². The zero-order valence-electron chi connectivity index (χ0n) is 10.7. The molecule has 0 bridgehead atoms. The number of nitrogens with zero attached hydrogens (tertiary/aromatic N) is 2. The lowest BCUT2D eigenvalue weighted by Gasteiger charge is -2.17. The fraction of sp³-hybridized carbons (Fsp3) is 0.273. The minimum absolute atomic E-state index is 1.01. The van der Waals surface area contributed by atoms with Crippen molar-refractivity contribution >= 4 is 0 Å². The minimum atomic E-state index is -4.94. The number of H-pyrrole nitrogens is 1. The third-order valence-electron chi connectivity index (χ3n) is 2.31. The second-order valence-electron chi connectivity index (χ2n) is 3.97. The highest BCUT2D eigenvalue weighted by molar-refractivity contribution is 5.17. The summed E-state index contributed by atoms with van der Waals surface area (Å²) in [4.78, 5) is 0. The predicted molar refractivity (Wildman–Crippen MR) is 54.3 cm³/mol. The van der Waals surface area contributed by atoms with Gasteiger partial charge in [0.05, 0.1) is 12.3 Å². The Balaban J connectivity index is 0.000000312. The third kappa shape index (κ3) is 5.33. The summed E-state index contributed by atoms with van der Waals surface area (Å²) in [5.41, 5.74) is 3.72. The molecular formula is C11H14ClN3O4. The van der Waals surface area contributed by atoms with Crippen LogP contribution in [0.5, 0.6) is 0 Å². The van der Waals surface area contributed by atoms with E-state index in [1.807, 2.05) is 6.07 Å². The van der Waals surface area contributed by atoms with Gasteiger partial charge in [0.1, 0.15) is 11.4 Å². The lowest BCUT2D eigenvalue weighted by Crippen LogP contribution is -2.68. The molecule has 0 aromatic carbocycles. The number of pyridine rings is 1. The van der Waals surface area contributed by atoms with Gasteiger partial charge >= 0.3 is 5.82 Å². The largest absolute Gasteiger partial charge is 0.306 e. The molecule has 1 N–H and O–H groups in total. The van der Waals surface area contributed by atoms with Crippen molar-refractivity contribution in [2.75, 3.05) is 0 Å². The van der Waals surface area contributed by atoms with Crippen molar-refractivity contribution in [2.24, 2.45) is 0 Å². The Kier molecular flexibility index (Phi) is 4.98. The van der Waals surface area contributed by atoms with E-state index in [1.54, 1.807) is 6.20 Å². The second kappa shape index (κ2) is 6.09. The van der Waals surface area contributed by atoms with E-state index in [2.05, 4.69) is 47.7 Å². The van der Waals surface area contributed by atoms with Crippen molar-refractivity contribution in [3.05, 3.63) is 41.3 Å². The molecule has 0 aliphatic carbocycles. The molecule has 0 aliphatic rings. The summed E-state index contributed by atoms with van der Waals surface area (Å²) in [6.45, 7) is 6.30. The fourth-order valence-corrected chi connectivity index (χ4v) is 1.86. The Bertz CT molecular complexity index is 508. The molecule has 0 spiro atoms. The molecule has 2 rings (SSSR count). The highest BCUT2D eigenvalue weighted by Crippen LogP contribution is 2.04. The molecule has 0 unspecified atom stereocenters. The number of hydrogen-bond donors (Lipinski definition) is 1. The SMILES string of the molecule is Cc1cc(C)[n+](-c2ccn[nH]2)c(C)c1.[O-][Cl+3]([O-])([O-])[O-]. The van der Waals surface area contributed by atoms with Crippen molar-refractivity contribution in [1.29, 1.82) is 0 Å². The zero-order valence-corrected chi connectivity index (χ0v) is 11.5. The molecule has 2 aromatic rings. The molecule has 0 amide bonds. The molecule has 0 atom stereocenters. The lowest BCUT2D eigenvalue weighted by atomic mass is 10.2. The quantitative estimate of drug-likeness (QED) is 0.555. The molecule has 0 aliphatic heterocycles. The van der Waals surface area contributed by atoms with Gasteiger partial charge in [-0.05, 0) is 38.5 Å². The van der Waals surface area contributed by atoms with E-state index in [1.165, 1.54) is 17.0 Å². The Hall–Kier alpha value is -1.51. The van der Waals surface area contributed by atoms with Gasteiger partial charge in [-0.1, -0.05) is 5.10 Å². The van der Waals surface area contributed by atoms with E-state index in [4.69, 9.17) is 18.6 Å². The number of hydrogen-bond acceptors (Lipinski definition) is 5. The van der Waals surface area contributed by atoms with E-state index in [-0.39, 0.29) is 0 Å². The van der Waals surface area contributed by atoms with Crippen LogP contribution in [0.1, 0.15) is 17.0 Å². The number of aryl methyl sites for hydroxylation is 3. The first kappa shape index (κ1) is 15.5. The van der Waals surface area contributed by atoms with Crippen LogP contribution in [-0.4, -0.2) is 10.2 Å². The molecule has 8 heteroatoms. The van der Waals surface area contributed by atoms with Crippen LogP contribution >= 0.6 is 0 Å². The molecule has 0 saturated heterocycles. The third-order valence-corrected chi connectivity index (χ3v) is 2.31. The van der Waals surface area contributed by atoms with E-state index in [0.717, 1.165) is 5.82 Å². The van der Waals surface area contributed by atoms with E-state index < -0.39 is 10.2 Å². The molecule has 7 nitrogen and oxygen atoms in total. The Labute approximate surface area is 112 Å². The van der Waals surface area contributed by atoms with Gasteiger partial charge in [0, 0.05) is 0 Å². The standard InChI is InChI=1S/C11H14N3.ClHO4/c1-8-6-9(2)14(10(3)7-8)11-4-5-12-13-11;2-1(3,4)5/h4-7H,1-3H3,(H,12,13);(H,2,3,4,5)/q+1;/p-1. The van der Waals surface area contributed by atoms with Crippen LogP contribution in [0.15, 0.2) is 24.4 Å². The van der Waals surface area contributed by atoms with Crippen LogP contribution in [0.25, 0.3) is 5.82 Å². The minimum Gasteiger partial charge on any atom is -0.222 e. The maximum atomic E-state index is 8.49. The summed E-state index contributed by atoms with van der Waals surface area (Å²) in [7, 11) is -4.94. The molecule has 2 aromatic heterocycles. The fourth-order valence-electron chi connectivity index (χ4n) is 1.86. The van der Waals surface area contributed by atoms with Crippen molar-refractivity contribution in [1.82, 2.24) is 10.2 Å². The first-order valence-electron chi connectivity index (χ1n) is 5.30. The van der Waals surface area contributed by atoms with Crippen molar-refractivity contribution in [3.63, 3.8) is 0 Å². The zero-order chi connectivity index (χ0) is 14.6. The van der Waals surface area contributed by atoms with Gasteiger partial charge < -0.3 is 0 Å². The Morgan fingerprint density at radius 3 is 1.89 bits per heavy atom. The van der Waals surface area contributed by atoms with Crippen LogP contribution in [0.2, 0.25) is 0 Å². The van der Waals surface area contributed by atoms with Gasteiger partial charge in [-0.2, -0.15) is 4.57 Å². The van der Waals surface area contributed by atoms with Gasteiger partial charge in [0.25, 0.3) is 0 Å². The monoisotopic (exact) mass is 287 g/mol. The van der Waals surface area contributed by atoms with Crippen LogP contribution in [-0.2, 0) is 0 Å². The van der Waals surface area contributed by atoms with Crippen molar-refractivity contribution in [2.45, 2.75) is 20.8 Å². The van der Waals surface area contributed by atoms with Gasteiger partial charge in [0.15, 0.2) is 0 Å². The summed E-state index contributed by atoms with van der Waals surface area (Å²) in [6, 6.07) is 6.29. The molecule has 104 valence electrons. The maximum absolute atomic E-state index is 8.49. The molecule has 2 heterocycles. The molecular weight excluding hydrogens is 274 g/mol. The first-order valence-corrected chi connectivity index (χ1v) is 6.53. The van der Waals surface area contributed by atoms with Gasteiger partial charge in [-0.15, -0.1) is 15.3 Å². The Morgan fingerprint density at radius 2 is 1.53 bits per heavy atom. The second-order valence-corrected chi connectivity index (χ2v) is 4.73. The Morgan fingerprint density at radius 1 is 1.05 bits per heavy atom. The first-order chi connectivity index (χ1) is 8.68.